The molecule has 0 bridgehead atoms. The lowest BCUT2D eigenvalue weighted by atomic mass is 10.2. The van der Waals surface area contributed by atoms with Crippen LogP contribution in [0.5, 0.6) is 11.5 Å². The molecule has 0 saturated carbocycles. The van der Waals surface area contributed by atoms with E-state index < -0.39 is 27.4 Å². The zero-order valence-corrected chi connectivity index (χ0v) is 21.1. The van der Waals surface area contributed by atoms with E-state index in [1.165, 1.54) is 26.6 Å². The summed E-state index contributed by atoms with van der Waals surface area (Å²) in [6, 6.07) is 7.08. The van der Waals surface area contributed by atoms with Crippen LogP contribution < -0.4 is 9.47 Å². The van der Waals surface area contributed by atoms with Crippen molar-refractivity contribution in [3.63, 3.8) is 0 Å². The molecule has 3 heterocycles. The molecule has 0 amide bonds. The molecule has 0 unspecified atom stereocenters. The number of aryl methyl sites for hydroxylation is 2. The number of aliphatic hydroxyl groups excluding tert-OH is 1. The van der Waals surface area contributed by atoms with E-state index in [0.717, 1.165) is 11.1 Å². The smallest absolute Gasteiger partial charge is 0.170 e. The Morgan fingerprint density at radius 1 is 0.972 bits per heavy atom. The fourth-order valence-corrected chi connectivity index (χ4v) is 5.03. The summed E-state index contributed by atoms with van der Waals surface area (Å²) in [6.07, 6.45) is 4.96. The van der Waals surface area contributed by atoms with Gasteiger partial charge in [-0.1, -0.05) is 6.07 Å². The predicted molar refractivity (Wildman–Crippen MR) is 132 cm³/mol. The molecule has 3 aromatic heterocycles. The summed E-state index contributed by atoms with van der Waals surface area (Å²) in [5.41, 5.74) is 2.76. The van der Waals surface area contributed by atoms with Crippen LogP contribution in [-0.4, -0.2) is 63.2 Å². The molecule has 11 nitrogen and oxygen atoms in total. The molecule has 0 fully saturated rings. The molecule has 0 aliphatic heterocycles. The van der Waals surface area contributed by atoms with E-state index in [2.05, 4.69) is 25.1 Å². The van der Waals surface area contributed by atoms with Crippen molar-refractivity contribution in [2.45, 2.75) is 25.7 Å². The molecule has 1 aromatic carbocycles. The highest BCUT2D eigenvalue weighted by atomic mass is 32.2. The van der Waals surface area contributed by atoms with Crippen LogP contribution in [0.15, 0.2) is 49.1 Å². The zero-order valence-electron chi connectivity index (χ0n) is 20.3. The van der Waals surface area contributed by atoms with E-state index in [0.29, 0.717) is 28.6 Å². The fraction of sp³-hybridized carbons (Fsp3) is 0.292. The van der Waals surface area contributed by atoms with Crippen molar-refractivity contribution < 1.29 is 23.0 Å². The molecule has 1 N–H and O–H groups in total. The number of benzene rings is 1. The molecule has 1 atom stereocenters. The number of aliphatic hydroxyl groups is 1. The number of sulfone groups is 1. The number of pyridine rings is 1. The molecule has 36 heavy (non-hydrogen) atoms. The van der Waals surface area contributed by atoms with Gasteiger partial charge in [0, 0.05) is 30.4 Å². The molecule has 12 heteroatoms. The van der Waals surface area contributed by atoms with Gasteiger partial charge in [-0.3, -0.25) is 9.55 Å². The number of nitrogens with zero attached hydrogens (tertiary/aromatic N) is 6. The molecular weight excluding hydrogens is 484 g/mol. The number of hydrogen-bond donors (Lipinski definition) is 1. The zero-order chi connectivity index (χ0) is 25.9. The minimum absolute atomic E-state index is 0.0311. The lowest BCUT2D eigenvalue weighted by molar-refractivity contribution is 0.191. The van der Waals surface area contributed by atoms with Gasteiger partial charge < -0.3 is 14.6 Å². The molecule has 0 radical (unpaired) electrons. The third-order valence-corrected chi connectivity index (χ3v) is 6.87. The second kappa shape index (κ2) is 10.4. The van der Waals surface area contributed by atoms with Crippen molar-refractivity contribution in [1.29, 1.82) is 0 Å². The maximum absolute atomic E-state index is 13.2. The van der Waals surface area contributed by atoms with Crippen LogP contribution in [0.3, 0.4) is 0 Å². The second-order valence-electron chi connectivity index (χ2n) is 8.23. The van der Waals surface area contributed by atoms with Crippen LogP contribution in [-0.2, 0) is 15.6 Å². The Hall–Kier alpha value is -3.90. The van der Waals surface area contributed by atoms with Gasteiger partial charge in [-0.2, -0.15) is 0 Å². The first kappa shape index (κ1) is 25.2. The Morgan fingerprint density at radius 2 is 1.64 bits per heavy atom. The van der Waals surface area contributed by atoms with Gasteiger partial charge in [0.05, 0.1) is 20.0 Å². The first-order valence-electron chi connectivity index (χ1n) is 11.0. The maximum atomic E-state index is 13.2. The topological polar surface area (TPSA) is 142 Å². The van der Waals surface area contributed by atoms with Crippen molar-refractivity contribution in [2.24, 2.45) is 0 Å². The maximum Gasteiger partial charge on any atom is 0.170 e. The van der Waals surface area contributed by atoms with Gasteiger partial charge in [0.15, 0.2) is 27.3 Å². The standard InChI is InChI=1S/C24H26N6O5S/c1-15-8-17(12-25-9-15)24-29-28-21(30(24)22-19(34-3)6-5-7-20(22)35-4)14-36(32,33)13-18(31)23-26-10-16(2)11-27-23/h5-12,18,31H,13-14H2,1-4H3/t18-/m1/s1. The van der Waals surface area contributed by atoms with Crippen LogP contribution in [0.2, 0.25) is 0 Å². The van der Waals surface area contributed by atoms with Crippen LogP contribution in [0.4, 0.5) is 0 Å². The highest BCUT2D eigenvalue weighted by Crippen LogP contribution is 2.36. The van der Waals surface area contributed by atoms with Crippen molar-refractivity contribution in [2.75, 3.05) is 20.0 Å². The SMILES string of the molecule is COc1cccc(OC)c1-n1c(CS(=O)(=O)C[C@@H](O)c2ncc(C)cn2)nnc1-c1cncc(C)c1. The Labute approximate surface area is 208 Å². The molecule has 188 valence electrons. The monoisotopic (exact) mass is 510 g/mol. The average Bonchev–Trinajstić information content (AvgIpc) is 3.25. The Balaban J connectivity index is 1.80. The molecule has 0 aliphatic rings. The van der Waals surface area contributed by atoms with Crippen molar-refractivity contribution in [3.05, 3.63) is 71.8 Å². The summed E-state index contributed by atoms with van der Waals surface area (Å²) in [5.74, 6) is 0.276. The summed E-state index contributed by atoms with van der Waals surface area (Å²) in [6.45, 7) is 3.69. The number of rotatable bonds is 9. The third-order valence-electron chi connectivity index (χ3n) is 5.35. The van der Waals surface area contributed by atoms with Crippen molar-refractivity contribution in [1.82, 2.24) is 29.7 Å². The van der Waals surface area contributed by atoms with Crippen LogP contribution in [0.1, 0.15) is 28.9 Å². The fourth-order valence-electron chi connectivity index (χ4n) is 3.71. The Bertz CT molecular complexity index is 1450. The van der Waals surface area contributed by atoms with Crippen molar-refractivity contribution in [3.8, 4) is 28.6 Å². The summed E-state index contributed by atoms with van der Waals surface area (Å²) in [5, 5.41) is 19.0. The van der Waals surface area contributed by atoms with E-state index in [9.17, 15) is 13.5 Å². The summed E-state index contributed by atoms with van der Waals surface area (Å²) in [7, 11) is -0.880. The van der Waals surface area contributed by atoms with E-state index in [-0.39, 0.29) is 11.6 Å². The number of ether oxygens (including phenoxy) is 2. The lowest BCUT2D eigenvalue weighted by Gasteiger charge is -2.17. The van der Waals surface area contributed by atoms with Gasteiger partial charge in [0.25, 0.3) is 0 Å². The minimum Gasteiger partial charge on any atom is -0.494 e. The number of hydrogen-bond acceptors (Lipinski definition) is 10. The Kier molecular flexibility index (Phi) is 7.27. The third kappa shape index (κ3) is 5.34. The number of aromatic nitrogens is 6. The van der Waals surface area contributed by atoms with Crippen LogP contribution in [0.25, 0.3) is 17.1 Å². The molecule has 4 aromatic rings. The second-order valence-corrected chi connectivity index (χ2v) is 10.3. The Morgan fingerprint density at radius 3 is 2.25 bits per heavy atom. The molecule has 0 saturated heterocycles. The quantitative estimate of drug-likeness (QED) is 0.357. The summed E-state index contributed by atoms with van der Waals surface area (Å²) >= 11 is 0. The van der Waals surface area contributed by atoms with Gasteiger partial charge >= 0.3 is 0 Å². The molecule has 4 rings (SSSR count). The molecule has 0 aliphatic carbocycles. The van der Waals surface area contributed by atoms with Crippen molar-refractivity contribution >= 4 is 9.84 Å². The highest BCUT2D eigenvalue weighted by molar-refractivity contribution is 7.90. The van der Waals surface area contributed by atoms with Gasteiger partial charge in [0.1, 0.15) is 29.0 Å². The normalized spacial score (nSPS) is 12.4. The van der Waals surface area contributed by atoms with E-state index >= 15 is 0 Å². The van der Waals surface area contributed by atoms with Gasteiger partial charge in [-0.05, 0) is 43.2 Å². The van der Waals surface area contributed by atoms with Crippen LogP contribution in [0, 0.1) is 13.8 Å². The molecule has 0 spiro atoms. The van der Waals surface area contributed by atoms with Gasteiger partial charge in [0.2, 0.25) is 0 Å². The first-order chi connectivity index (χ1) is 17.2. The van der Waals surface area contributed by atoms with Gasteiger partial charge in [-0.15, -0.1) is 10.2 Å². The van der Waals surface area contributed by atoms with E-state index in [1.54, 1.807) is 42.1 Å². The van der Waals surface area contributed by atoms with Crippen LogP contribution >= 0.6 is 0 Å². The summed E-state index contributed by atoms with van der Waals surface area (Å²) in [4.78, 5) is 12.3. The largest absolute Gasteiger partial charge is 0.494 e. The first-order valence-corrected chi connectivity index (χ1v) is 12.8. The highest BCUT2D eigenvalue weighted by Gasteiger charge is 2.28. The van der Waals surface area contributed by atoms with E-state index in [4.69, 9.17) is 9.47 Å². The molecular formula is C24H26N6O5S. The minimum atomic E-state index is -3.89. The summed E-state index contributed by atoms with van der Waals surface area (Å²) < 4.78 is 39.1. The van der Waals surface area contributed by atoms with Gasteiger partial charge in [-0.25, -0.2) is 18.4 Å². The number of methoxy groups -OCH3 is 2. The lowest BCUT2D eigenvalue weighted by Crippen LogP contribution is -2.20. The number of para-hydroxylation sites is 1. The average molecular weight is 511 g/mol. The van der Waals surface area contributed by atoms with E-state index in [1.807, 2.05) is 13.0 Å². The predicted octanol–water partition coefficient (Wildman–Crippen LogP) is 2.40.